The van der Waals surface area contributed by atoms with E-state index >= 15 is 0 Å². The Morgan fingerprint density at radius 3 is 2.53 bits per heavy atom. The van der Waals surface area contributed by atoms with Crippen LogP contribution in [0.2, 0.25) is 0 Å². The molecule has 1 amide bonds. The maximum Gasteiger partial charge on any atom is 0.231 e. The van der Waals surface area contributed by atoms with Crippen molar-refractivity contribution in [1.82, 2.24) is 24.4 Å². The minimum Gasteiger partial charge on any atom is -0.341 e. The van der Waals surface area contributed by atoms with E-state index in [-0.39, 0.29) is 17.5 Å². The first kappa shape index (κ1) is 21.8. The highest BCUT2D eigenvalue weighted by Gasteiger charge is 2.21. The van der Waals surface area contributed by atoms with Crippen LogP contribution >= 0.6 is 11.8 Å². The number of thioether (sulfide) groups is 1. The molecule has 4 rings (SSSR count). The zero-order valence-corrected chi connectivity index (χ0v) is 18.9. The summed E-state index contributed by atoms with van der Waals surface area (Å²) in [5, 5.41) is 3.72. The molecule has 0 saturated carbocycles. The smallest absolute Gasteiger partial charge is 0.231 e. The lowest BCUT2D eigenvalue weighted by atomic mass is 10.1. The van der Waals surface area contributed by atoms with Crippen molar-refractivity contribution in [3.63, 3.8) is 0 Å². The van der Waals surface area contributed by atoms with Gasteiger partial charge in [0.2, 0.25) is 5.91 Å². The predicted octanol–water partition coefficient (Wildman–Crippen LogP) is 4.36. The van der Waals surface area contributed by atoms with E-state index < -0.39 is 6.04 Å². The molecule has 32 heavy (non-hydrogen) atoms. The number of hydrogen-bond acceptors (Lipinski definition) is 4. The second-order valence-corrected chi connectivity index (χ2v) is 8.61. The lowest BCUT2D eigenvalue weighted by molar-refractivity contribution is -0.119. The lowest BCUT2D eigenvalue weighted by Crippen LogP contribution is -2.32. The molecule has 1 N–H and O–H groups in total. The van der Waals surface area contributed by atoms with Crippen molar-refractivity contribution in [2.24, 2.45) is 7.05 Å². The van der Waals surface area contributed by atoms with Crippen molar-refractivity contribution in [2.45, 2.75) is 25.0 Å². The Kier molecular flexibility index (Phi) is 6.41. The maximum absolute atomic E-state index is 13.8. The molecule has 0 aliphatic rings. The highest BCUT2D eigenvalue weighted by molar-refractivity contribution is 7.99. The number of rotatable bonds is 7. The van der Waals surface area contributed by atoms with E-state index in [1.54, 1.807) is 30.7 Å². The lowest BCUT2D eigenvalue weighted by Gasteiger charge is -2.19. The van der Waals surface area contributed by atoms with Crippen LogP contribution in [0.25, 0.3) is 5.69 Å². The van der Waals surface area contributed by atoms with Crippen LogP contribution in [0.15, 0.2) is 72.4 Å². The predicted molar refractivity (Wildman–Crippen MR) is 123 cm³/mol. The Labute approximate surface area is 190 Å². The molecule has 0 aliphatic heterocycles. The van der Waals surface area contributed by atoms with Crippen LogP contribution in [0, 0.1) is 19.7 Å². The summed E-state index contributed by atoms with van der Waals surface area (Å²) >= 11 is 1.35. The molecule has 2 aromatic heterocycles. The first-order chi connectivity index (χ1) is 15.4. The van der Waals surface area contributed by atoms with Crippen molar-refractivity contribution >= 4 is 17.7 Å². The summed E-state index contributed by atoms with van der Waals surface area (Å²) in [6.45, 7) is 4.11. The van der Waals surface area contributed by atoms with Gasteiger partial charge in [0.1, 0.15) is 17.7 Å². The van der Waals surface area contributed by atoms with Crippen LogP contribution in [0.4, 0.5) is 4.39 Å². The molecule has 1 unspecified atom stereocenters. The third-order valence-electron chi connectivity index (χ3n) is 5.03. The van der Waals surface area contributed by atoms with Gasteiger partial charge in [0, 0.05) is 37.5 Å². The molecule has 164 valence electrons. The molecule has 0 bridgehead atoms. The van der Waals surface area contributed by atoms with Gasteiger partial charge in [-0.05, 0) is 54.8 Å². The number of aromatic nitrogens is 4. The van der Waals surface area contributed by atoms with Crippen molar-refractivity contribution in [2.75, 3.05) is 5.75 Å². The van der Waals surface area contributed by atoms with E-state index in [0.29, 0.717) is 11.4 Å². The fourth-order valence-corrected chi connectivity index (χ4v) is 4.44. The molecule has 0 spiro atoms. The molecule has 0 aliphatic carbocycles. The van der Waals surface area contributed by atoms with Gasteiger partial charge in [0.25, 0.3) is 0 Å². The molecule has 8 heteroatoms. The number of nitrogens with zero attached hydrogens (tertiary/aromatic N) is 4. The Bertz CT molecular complexity index is 1230. The van der Waals surface area contributed by atoms with Crippen molar-refractivity contribution < 1.29 is 9.18 Å². The third kappa shape index (κ3) is 4.91. The first-order valence-corrected chi connectivity index (χ1v) is 11.2. The molecule has 4 aromatic rings. The molecule has 0 fully saturated rings. The molecule has 2 aromatic carbocycles. The fourth-order valence-electron chi connectivity index (χ4n) is 3.65. The standard InChI is InChI=1S/C24H24FN5OS/c1-16-11-17(2)13-20(12-16)30-10-8-27-24(30)32-15-21(31)28-22(23-26-7-9-29(23)3)18-5-4-6-19(25)14-18/h4-14,22H,15H2,1-3H3,(H,28,31). The number of carbonyl (C=O) groups is 1. The van der Waals surface area contributed by atoms with E-state index in [0.717, 1.165) is 22.0 Å². The minimum atomic E-state index is -0.557. The Morgan fingerprint density at radius 1 is 1.09 bits per heavy atom. The normalized spacial score (nSPS) is 12.0. The zero-order valence-electron chi connectivity index (χ0n) is 18.1. The second kappa shape index (κ2) is 9.40. The van der Waals surface area contributed by atoms with E-state index in [1.165, 1.54) is 23.9 Å². The van der Waals surface area contributed by atoms with Gasteiger partial charge in [0.05, 0.1) is 5.75 Å². The number of benzene rings is 2. The molecule has 1 atom stereocenters. The van der Waals surface area contributed by atoms with Crippen molar-refractivity contribution in [3.8, 4) is 5.69 Å². The summed E-state index contributed by atoms with van der Waals surface area (Å²) in [7, 11) is 1.84. The Hall–Kier alpha value is -3.39. The number of hydrogen-bond donors (Lipinski definition) is 1. The van der Waals surface area contributed by atoms with Crippen LogP contribution in [0.5, 0.6) is 0 Å². The summed E-state index contributed by atoms with van der Waals surface area (Å²) in [6, 6.07) is 11.9. The van der Waals surface area contributed by atoms with Gasteiger partial charge in [-0.15, -0.1) is 0 Å². The van der Waals surface area contributed by atoms with Crippen LogP contribution in [0.1, 0.15) is 28.6 Å². The summed E-state index contributed by atoms with van der Waals surface area (Å²) in [6.07, 6.45) is 7.06. The summed E-state index contributed by atoms with van der Waals surface area (Å²) in [4.78, 5) is 21.6. The van der Waals surface area contributed by atoms with Crippen molar-refractivity contribution in [3.05, 3.63) is 95.6 Å². The summed E-state index contributed by atoms with van der Waals surface area (Å²) in [5.41, 5.74) is 3.97. The van der Waals surface area contributed by atoms with Crippen LogP contribution < -0.4 is 5.32 Å². The van der Waals surface area contributed by atoms with Gasteiger partial charge in [0.15, 0.2) is 5.16 Å². The molecule has 0 saturated heterocycles. The summed E-state index contributed by atoms with van der Waals surface area (Å²) < 4.78 is 17.6. The zero-order chi connectivity index (χ0) is 22.7. The quantitative estimate of drug-likeness (QED) is 0.426. The Balaban J connectivity index is 1.51. The van der Waals surface area contributed by atoms with E-state index in [2.05, 4.69) is 47.3 Å². The molecular weight excluding hydrogens is 425 g/mol. The van der Waals surface area contributed by atoms with Gasteiger partial charge >= 0.3 is 0 Å². The molecule has 6 nitrogen and oxygen atoms in total. The average molecular weight is 450 g/mol. The van der Waals surface area contributed by atoms with Crippen LogP contribution in [-0.4, -0.2) is 30.8 Å². The van der Waals surface area contributed by atoms with Gasteiger partial charge in [-0.3, -0.25) is 9.36 Å². The van der Waals surface area contributed by atoms with Gasteiger partial charge in [-0.2, -0.15) is 0 Å². The number of amides is 1. The highest BCUT2D eigenvalue weighted by Crippen LogP contribution is 2.24. The van der Waals surface area contributed by atoms with Crippen LogP contribution in [0.3, 0.4) is 0 Å². The SMILES string of the molecule is Cc1cc(C)cc(-n2ccnc2SCC(=O)NC(c2cccc(F)c2)c2nccn2C)c1. The monoisotopic (exact) mass is 449 g/mol. The Morgan fingerprint density at radius 2 is 1.84 bits per heavy atom. The largest absolute Gasteiger partial charge is 0.341 e. The van der Waals surface area contributed by atoms with Gasteiger partial charge in [-0.1, -0.05) is 30.0 Å². The highest BCUT2D eigenvalue weighted by atomic mass is 32.2. The van der Waals surface area contributed by atoms with E-state index in [9.17, 15) is 9.18 Å². The second-order valence-electron chi connectivity index (χ2n) is 7.67. The number of aryl methyl sites for hydroxylation is 3. The number of nitrogens with one attached hydrogen (secondary N) is 1. The van der Waals surface area contributed by atoms with E-state index in [1.807, 2.05) is 22.4 Å². The summed E-state index contributed by atoms with van der Waals surface area (Å²) in [5.74, 6) is 0.242. The third-order valence-corrected chi connectivity index (χ3v) is 5.99. The van der Waals surface area contributed by atoms with E-state index in [4.69, 9.17) is 0 Å². The van der Waals surface area contributed by atoms with Crippen molar-refractivity contribution in [1.29, 1.82) is 0 Å². The minimum absolute atomic E-state index is 0.165. The van der Waals surface area contributed by atoms with Gasteiger partial charge in [-0.25, -0.2) is 14.4 Å². The number of imidazole rings is 2. The topological polar surface area (TPSA) is 64.7 Å². The number of carbonyl (C=O) groups excluding carboxylic acids is 1. The average Bonchev–Trinajstić information content (AvgIpc) is 3.38. The van der Waals surface area contributed by atoms with Crippen LogP contribution in [-0.2, 0) is 11.8 Å². The molecule has 2 heterocycles. The molecule has 0 radical (unpaired) electrons. The maximum atomic E-state index is 13.8. The first-order valence-electron chi connectivity index (χ1n) is 10.2. The van der Waals surface area contributed by atoms with Gasteiger partial charge < -0.3 is 9.88 Å². The number of halogens is 1. The fraction of sp³-hybridized carbons (Fsp3) is 0.208. The molecular formula is C24H24FN5OS.